The van der Waals surface area contributed by atoms with E-state index in [1.54, 1.807) is 24.3 Å². The predicted octanol–water partition coefficient (Wildman–Crippen LogP) is 2.07. The van der Waals surface area contributed by atoms with E-state index in [1.165, 1.54) is 0 Å². The van der Waals surface area contributed by atoms with E-state index >= 15 is 0 Å². The Labute approximate surface area is 128 Å². The summed E-state index contributed by atoms with van der Waals surface area (Å²) in [5, 5.41) is 20.2. The number of aryl methyl sites for hydroxylation is 2. The van der Waals surface area contributed by atoms with Crippen LogP contribution in [0.15, 0.2) is 24.3 Å². The predicted molar refractivity (Wildman–Crippen MR) is 81.2 cm³/mol. The number of aliphatic hydroxyl groups is 1. The molecule has 1 aromatic carbocycles. The van der Waals surface area contributed by atoms with Crippen molar-refractivity contribution in [3.05, 3.63) is 51.8 Å². The molecule has 0 fully saturated rings. The first-order chi connectivity index (χ1) is 9.99. The lowest BCUT2D eigenvalue weighted by molar-refractivity contribution is -0.120. The van der Waals surface area contributed by atoms with Crippen molar-refractivity contribution in [3.63, 3.8) is 0 Å². The SMILES string of the molecule is Cc1n[nH]c(C)c1CC(=O)NCC(O)c1ccccc1Cl. The van der Waals surface area contributed by atoms with Gasteiger partial charge in [-0.3, -0.25) is 9.89 Å². The molecule has 1 heterocycles. The van der Waals surface area contributed by atoms with E-state index in [-0.39, 0.29) is 18.9 Å². The van der Waals surface area contributed by atoms with E-state index in [0.717, 1.165) is 17.0 Å². The van der Waals surface area contributed by atoms with Gasteiger partial charge >= 0.3 is 0 Å². The summed E-state index contributed by atoms with van der Waals surface area (Å²) in [5.41, 5.74) is 3.19. The Hall–Kier alpha value is -1.85. The average molecular weight is 308 g/mol. The lowest BCUT2D eigenvalue weighted by atomic mass is 10.1. The molecule has 2 rings (SSSR count). The Morgan fingerprint density at radius 3 is 2.76 bits per heavy atom. The van der Waals surface area contributed by atoms with Crippen LogP contribution >= 0.6 is 11.6 Å². The van der Waals surface area contributed by atoms with Gasteiger partial charge in [-0.2, -0.15) is 5.10 Å². The van der Waals surface area contributed by atoms with Gasteiger partial charge < -0.3 is 10.4 Å². The minimum atomic E-state index is -0.825. The van der Waals surface area contributed by atoms with E-state index in [4.69, 9.17) is 11.6 Å². The maximum atomic E-state index is 11.9. The van der Waals surface area contributed by atoms with Gasteiger partial charge in [0.05, 0.1) is 18.2 Å². The number of halogens is 1. The molecule has 0 aliphatic carbocycles. The van der Waals surface area contributed by atoms with Crippen LogP contribution < -0.4 is 5.32 Å². The average Bonchev–Trinajstić information content (AvgIpc) is 2.77. The van der Waals surface area contributed by atoms with Crippen LogP contribution in [0.5, 0.6) is 0 Å². The van der Waals surface area contributed by atoms with Gasteiger partial charge in [0.2, 0.25) is 5.91 Å². The molecule has 112 valence electrons. The molecule has 0 saturated carbocycles. The van der Waals surface area contributed by atoms with Crippen LogP contribution in [-0.4, -0.2) is 27.8 Å². The largest absolute Gasteiger partial charge is 0.387 e. The third kappa shape index (κ3) is 3.83. The van der Waals surface area contributed by atoms with Crippen molar-refractivity contribution in [3.8, 4) is 0 Å². The number of aromatic nitrogens is 2. The molecule has 3 N–H and O–H groups in total. The molecule has 0 radical (unpaired) electrons. The third-order valence-corrected chi connectivity index (χ3v) is 3.72. The molecule has 1 unspecified atom stereocenters. The fraction of sp³-hybridized carbons (Fsp3) is 0.333. The van der Waals surface area contributed by atoms with E-state index in [1.807, 2.05) is 13.8 Å². The van der Waals surface area contributed by atoms with E-state index in [9.17, 15) is 9.90 Å². The Morgan fingerprint density at radius 2 is 2.14 bits per heavy atom. The highest BCUT2D eigenvalue weighted by Crippen LogP contribution is 2.21. The summed E-state index contributed by atoms with van der Waals surface area (Å²) in [7, 11) is 0. The summed E-state index contributed by atoms with van der Waals surface area (Å²) in [4.78, 5) is 11.9. The Balaban J connectivity index is 1.91. The number of nitrogens with zero attached hydrogens (tertiary/aromatic N) is 1. The second kappa shape index (κ2) is 6.74. The number of rotatable bonds is 5. The summed E-state index contributed by atoms with van der Waals surface area (Å²) in [6, 6.07) is 7.04. The van der Waals surface area contributed by atoms with Gasteiger partial charge in [0, 0.05) is 28.4 Å². The minimum absolute atomic E-state index is 0.124. The fourth-order valence-electron chi connectivity index (χ4n) is 2.12. The quantitative estimate of drug-likeness (QED) is 0.791. The van der Waals surface area contributed by atoms with Crippen molar-refractivity contribution in [1.82, 2.24) is 15.5 Å². The van der Waals surface area contributed by atoms with Crippen LogP contribution in [-0.2, 0) is 11.2 Å². The summed E-state index contributed by atoms with van der Waals surface area (Å²) < 4.78 is 0. The second-order valence-electron chi connectivity index (χ2n) is 4.93. The highest BCUT2D eigenvalue weighted by Gasteiger charge is 2.14. The highest BCUT2D eigenvalue weighted by molar-refractivity contribution is 6.31. The third-order valence-electron chi connectivity index (χ3n) is 3.37. The molecule has 0 aliphatic heterocycles. The maximum Gasteiger partial charge on any atom is 0.224 e. The number of carbonyl (C=O) groups is 1. The van der Waals surface area contributed by atoms with Crippen molar-refractivity contribution < 1.29 is 9.90 Å². The van der Waals surface area contributed by atoms with Crippen LogP contribution in [0.25, 0.3) is 0 Å². The van der Waals surface area contributed by atoms with Crippen molar-refractivity contribution in [2.24, 2.45) is 0 Å². The van der Waals surface area contributed by atoms with Crippen LogP contribution in [0.1, 0.15) is 28.6 Å². The number of aliphatic hydroxyl groups excluding tert-OH is 1. The van der Waals surface area contributed by atoms with Crippen molar-refractivity contribution in [1.29, 1.82) is 0 Å². The Bertz CT molecular complexity index is 620. The first-order valence-corrected chi connectivity index (χ1v) is 7.06. The molecular weight excluding hydrogens is 290 g/mol. The minimum Gasteiger partial charge on any atom is -0.387 e. The first kappa shape index (κ1) is 15.5. The van der Waals surface area contributed by atoms with E-state index < -0.39 is 6.10 Å². The molecule has 1 amide bonds. The molecule has 0 bridgehead atoms. The van der Waals surface area contributed by atoms with Gasteiger partial charge in [-0.05, 0) is 19.9 Å². The standard InChI is InChI=1S/C15H18ClN3O2/c1-9-12(10(2)19-18-9)7-15(21)17-8-14(20)11-5-3-4-6-13(11)16/h3-6,14,20H,7-8H2,1-2H3,(H,17,21)(H,18,19). The summed E-state index contributed by atoms with van der Waals surface area (Å²) in [5.74, 6) is -0.159. The van der Waals surface area contributed by atoms with Gasteiger partial charge in [0.1, 0.15) is 0 Å². The van der Waals surface area contributed by atoms with Gasteiger partial charge in [0.25, 0.3) is 0 Å². The number of aromatic amines is 1. The zero-order chi connectivity index (χ0) is 15.4. The molecule has 21 heavy (non-hydrogen) atoms. The number of hydrogen-bond donors (Lipinski definition) is 3. The van der Waals surface area contributed by atoms with Crippen molar-refractivity contribution in [2.45, 2.75) is 26.4 Å². The molecule has 0 aliphatic rings. The lowest BCUT2D eigenvalue weighted by Crippen LogP contribution is -2.30. The zero-order valence-corrected chi connectivity index (χ0v) is 12.7. The Morgan fingerprint density at radius 1 is 1.43 bits per heavy atom. The second-order valence-corrected chi connectivity index (χ2v) is 5.34. The number of benzene rings is 1. The first-order valence-electron chi connectivity index (χ1n) is 6.68. The van der Waals surface area contributed by atoms with Crippen molar-refractivity contribution in [2.75, 3.05) is 6.54 Å². The number of nitrogens with one attached hydrogen (secondary N) is 2. The van der Waals surface area contributed by atoms with Gasteiger partial charge in [-0.1, -0.05) is 29.8 Å². The fourth-order valence-corrected chi connectivity index (χ4v) is 2.39. The van der Waals surface area contributed by atoms with E-state index in [0.29, 0.717) is 10.6 Å². The summed E-state index contributed by atoms with van der Waals surface area (Å²) >= 11 is 6.01. The molecule has 2 aromatic rings. The summed E-state index contributed by atoms with van der Waals surface area (Å²) in [6.45, 7) is 3.85. The van der Waals surface area contributed by atoms with Crippen LogP contribution in [0.2, 0.25) is 5.02 Å². The summed E-state index contributed by atoms with van der Waals surface area (Å²) in [6.07, 6.45) is -0.585. The van der Waals surface area contributed by atoms with Crippen molar-refractivity contribution >= 4 is 17.5 Å². The molecule has 5 nitrogen and oxygen atoms in total. The number of amides is 1. The van der Waals surface area contributed by atoms with Gasteiger partial charge in [-0.25, -0.2) is 0 Å². The molecule has 6 heteroatoms. The van der Waals surface area contributed by atoms with Crippen LogP contribution in [0.3, 0.4) is 0 Å². The number of carbonyl (C=O) groups excluding carboxylic acids is 1. The molecular formula is C15H18ClN3O2. The van der Waals surface area contributed by atoms with Crippen LogP contribution in [0.4, 0.5) is 0 Å². The Kier molecular flexibility index (Phi) is 4.98. The van der Waals surface area contributed by atoms with E-state index in [2.05, 4.69) is 15.5 Å². The normalized spacial score (nSPS) is 12.2. The topological polar surface area (TPSA) is 78.0 Å². The number of hydrogen-bond acceptors (Lipinski definition) is 3. The lowest BCUT2D eigenvalue weighted by Gasteiger charge is -2.13. The molecule has 0 saturated heterocycles. The molecule has 1 atom stereocenters. The zero-order valence-electron chi connectivity index (χ0n) is 12.0. The monoisotopic (exact) mass is 307 g/mol. The van der Waals surface area contributed by atoms with Gasteiger partial charge in [-0.15, -0.1) is 0 Å². The molecule has 1 aromatic heterocycles. The maximum absolute atomic E-state index is 11.9. The number of H-pyrrole nitrogens is 1. The van der Waals surface area contributed by atoms with Gasteiger partial charge in [0.15, 0.2) is 0 Å². The smallest absolute Gasteiger partial charge is 0.224 e. The molecule has 0 spiro atoms. The van der Waals surface area contributed by atoms with Crippen LogP contribution in [0, 0.1) is 13.8 Å². The highest BCUT2D eigenvalue weighted by atomic mass is 35.5.